The molecule has 2 fully saturated rings. The predicted octanol–water partition coefficient (Wildman–Crippen LogP) is 2.34. The van der Waals surface area contributed by atoms with Gasteiger partial charge in [0.05, 0.1) is 18.4 Å². The molecule has 142 valence electrons. The number of fused-ring (bicyclic) bond motifs is 5. The zero-order valence-electron chi connectivity index (χ0n) is 15.8. The van der Waals surface area contributed by atoms with Gasteiger partial charge in [0.1, 0.15) is 0 Å². The Morgan fingerprint density at radius 2 is 1.89 bits per heavy atom. The highest BCUT2D eigenvalue weighted by molar-refractivity contribution is 6.06. The number of hydrogen-bond acceptors (Lipinski definition) is 3. The fourth-order valence-corrected chi connectivity index (χ4v) is 4.62. The predicted molar refractivity (Wildman–Crippen MR) is 105 cm³/mol. The van der Waals surface area contributed by atoms with Crippen molar-refractivity contribution < 1.29 is 9.59 Å². The third-order valence-corrected chi connectivity index (χ3v) is 5.99. The first kappa shape index (κ1) is 17.8. The summed E-state index contributed by atoms with van der Waals surface area (Å²) in [6.07, 6.45) is 5.16. The van der Waals surface area contributed by atoms with Crippen LogP contribution in [-0.4, -0.2) is 35.8 Å². The Kier molecular flexibility index (Phi) is 4.50. The molecule has 2 bridgehead atoms. The summed E-state index contributed by atoms with van der Waals surface area (Å²) in [4.78, 5) is 30.9. The maximum atomic E-state index is 12.6. The molecule has 2 amide bonds. The first-order chi connectivity index (χ1) is 13.0. The van der Waals surface area contributed by atoms with Gasteiger partial charge in [0, 0.05) is 12.2 Å². The molecule has 0 radical (unpaired) electrons. The molecule has 3 aliphatic rings. The van der Waals surface area contributed by atoms with E-state index in [4.69, 9.17) is 5.73 Å². The number of likely N-dealkylation sites (tertiary alicyclic amines) is 1. The summed E-state index contributed by atoms with van der Waals surface area (Å²) in [5.74, 6) is 0.839. The second-order valence-electron chi connectivity index (χ2n) is 8.00. The largest absolute Gasteiger partial charge is 0.370 e. The maximum absolute atomic E-state index is 12.6. The van der Waals surface area contributed by atoms with Gasteiger partial charge in [-0.25, -0.2) is 0 Å². The summed E-state index contributed by atoms with van der Waals surface area (Å²) < 4.78 is 0. The van der Waals surface area contributed by atoms with Gasteiger partial charge in [0.2, 0.25) is 11.8 Å². The Hall–Kier alpha value is -2.63. The summed E-state index contributed by atoms with van der Waals surface area (Å²) in [7, 11) is 0. The summed E-state index contributed by atoms with van der Waals surface area (Å²) in [6.45, 7) is 4.87. The average molecular weight is 366 g/mol. The second-order valence-corrected chi connectivity index (χ2v) is 8.00. The molecule has 1 heterocycles. The van der Waals surface area contributed by atoms with Crippen molar-refractivity contribution in [2.45, 2.75) is 26.2 Å². The van der Waals surface area contributed by atoms with Gasteiger partial charge in [-0.05, 0) is 41.9 Å². The van der Waals surface area contributed by atoms with E-state index < -0.39 is 0 Å². The first-order valence-corrected chi connectivity index (χ1v) is 9.66. The van der Waals surface area contributed by atoms with Crippen LogP contribution in [-0.2, 0) is 9.59 Å². The van der Waals surface area contributed by atoms with Crippen molar-refractivity contribution in [3.05, 3.63) is 42.0 Å². The number of benzene rings is 1. The Bertz CT molecular complexity index is 799. The number of allylic oxidation sites excluding steroid dienone is 2. The highest BCUT2D eigenvalue weighted by Crippen LogP contribution is 2.52. The van der Waals surface area contributed by atoms with Gasteiger partial charge < -0.3 is 11.1 Å². The van der Waals surface area contributed by atoms with Crippen molar-refractivity contribution in [2.75, 3.05) is 18.4 Å². The highest BCUT2D eigenvalue weighted by atomic mass is 16.2. The van der Waals surface area contributed by atoms with Crippen molar-refractivity contribution in [3.8, 4) is 0 Å². The average Bonchev–Trinajstić information content (AvgIpc) is 3.31. The molecule has 0 spiro atoms. The summed E-state index contributed by atoms with van der Waals surface area (Å²) in [5.41, 5.74) is 8.07. The molecule has 0 aromatic heterocycles. The SMILES string of the molecule is CC(C)c1cccc(NC(N)=NCCN2C(=O)C3C4C=CC(C4)C3C2=O)c1. The van der Waals surface area contributed by atoms with Crippen molar-refractivity contribution in [2.24, 2.45) is 34.4 Å². The fourth-order valence-electron chi connectivity index (χ4n) is 4.62. The van der Waals surface area contributed by atoms with Crippen molar-refractivity contribution in [1.82, 2.24) is 4.90 Å². The molecule has 1 aliphatic heterocycles. The molecule has 3 N–H and O–H groups in total. The number of amides is 2. The van der Waals surface area contributed by atoms with Crippen LogP contribution in [0.4, 0.5) is 5.69 Å². The van der Waals surface area contributed by atoms with Crippen LogP contribution < -0.4 is 11.1 Å². The van der Waals surface area contributed by atoms with Gasteiger partial charge in [-0.2, -0.15) is 0 Å². The minimum Gasteiger partial charge on any atom is -0.370 e. The zero-order chi connectivity index (χ0) is 19.1. The van der Waals surface area contributed by atoms with Gasteiger partial charge in [-0.1, -0.05) is 38.1 Å². The van der Waals surface area contributed by atoms with Gasteiger partial charge in [-0.15, -0.1) is 0 Å². The van der Waals surface area contributed by atoms with E-state index in [2.05, 4.69) is 42.4 Å². The Balaban J connectivity index is 1.35. The van der Waals surface area contributed by atoms with Crippen molar-refractivity contribution in [1.29, 1.82) is 0 Å². The van der Waals surface area contributed by atoms with E-state index in [1.165, 1.54) is 10.5 Å². The van der Waals surface area contributed by atoms with Gasteiger partial charge >= 0.3 is 0 Å². The van der Waals surface area contributed by atoms with Crippen LogP contribution in [0.15, 0.2) is 41.4 Å². The number of rotatable bonds is 5. The molecule has 2 aliphatic carbocycles. The van der Waals surface area contributed by atoms with E-state index >= 15 is 0 Å². The number of guanidine groups is 1. The van der Waals surface area contributed by atoms with Crippen LogP contribution in [0, 0.1) is 23.7 Å². The van der Waals surface area contributed by atoms with Gasteiger partial charge in [0.15, 0.2) is 5.96 Å². The maximum Gasteiger partial charge on any atom is 0.233 e. The topological polar surface area (TPSA) is 87.8 Å². The van der Waals surface area contributed by atoms with E-state index in [0.29, 0.717) is 19.0 Å². The molecular weight excluding hydrogens is 340 g/mol. The second kappa shape index (κ2) is 6.83. The number of nitrogens with zero attached hydrogens (tertiary/aromatic N) is 2. The Morgan fingerprint density at radius 1 is 1.22 bits per heavy atom. The van der Waals surface area contributed by atoms with Gasteiger partial charge in [0.25, 0.3) is 0 Å². The molecule has 1 saturated heterocycles. The molecule has 1 aromatic carbocycles. The smallest absolute Gasteiger partial charge is 0.233 e. The number of carbonyl (C=O) groups excluding carboxylic acids is 2. The molecule has 6 nitrogen and oxygen atoms in total. The van der Waals surface area contributed by atoms with Crippen LogP contribution >= 0.6 is 0 Å². The Labute approximate surface area is 159 Å². The third-order valence-electron chi connectivity index (χ3n) is 5.99. The number of aliphatic imine (C=N–C) groups is 1. The standard InChI is InChI=1S/C21H26N4O2/c1-12(2)13-4-3-5-16(11-13)24-21(22)23-8-9-25-19(26)17-14-6-7-15(10-14)18(17)20(25)27/h3-7,11-12,14-15,17-18H,8-10H2,1-2H3,(H3,22,23,24). The monoisotopic (exact) mass is 366 g/mol. The van der Waals surface area contributed by atoms with E-state index in [1.54, 1.807) is 0 Å². The summed E-state index contributed by atoms with van der Waals surface area (Å²) >= 11 is 0. The Morgan fingerprint density at radius 3 is 2.52 bits per heavy atom. The minimum absolute atomic E-state index is 0.0341. The number of hydrogen-bond donors (Lipinski definition) is 2. The number of carbonyl (C=O) groups is 2. The van der Waals surface area contributed by atoms with Gasteiger partial charge in [-0.3, -0.25) is 19.5 Å². The lowest BCUT2D eigenvalue weighted by Gasteiger charge is -2.16. The third kappa shape index (κ3) is 3.13. The summed E-state index contributed by atoms with van der Waals surface area (Å²) in [6, 6.07) is 8.04. The quantitative estimate of drug-likeness (QED) is 0.362. The highest BCUT2D eigenvalue weighted by Gasteiger charge is 2.58. The van der Waals surface area contributed by atoms with Crippen molar-refractivity contribution in [3.63, 3.8) is 0 Å². The lowest BCUT2D eigenvalue weighted by Crippen LogP contribution is -2.35. The van der Waals surface area contributed by atoms with Crippen LogP contribution in [0.25, 0.3) is 0 Å². The number of anilines is 1. The van der Waals surface area contributed by atoms with Crippen LogP contribution in [0.5, 0.6) is 0 Å². The van der Waals surface area contributed by atoms with Crippen molar-refractivity contribution >= 4 is 23.5 Å². The zero-order valence-corrected chi connectivity index (χ0v) is 15.8. The van der Waals surface area contributed by atoms with Crippen LogP contribution in [0.1, 0.15) is 31.7 Å². The van der Waals surface area contributed by atoms with E-state index in [0.717, 1.165) is 12.1 Å². The van der Waals surface area contributed by atoms with E-state index in [1.807, 2.05) is 18.2 Å². The normalized spacial score (nSPS) is 29.1. The number of imide groups is 1. The number of nitrogens with two attached hydrogens (primary N) is 1. The van der Waals surface area contributed by atoms with Crippen LogP contribution in [0.3, 0.4) is 0 Å². The number of nitrogens with one attached hydrogen (secondary N) is 1. The molecule has 4 rings (SSSR count). The molecule has 1 aromatic rings. The molecule has 27 heavy (non-hydrogen) atoms. The molecular formula is C21H26N4O2. The summed E-state index contributed by atoms with van der Waals surface area (Å²) in [5, 5.41) is 3.08. The lowest BCUT2D eigenvalue weighted by atomic mass is 9.85. The molecule has 1 saturated carbocycles. The fraction of sp³-hybridized carbons (Fsp3) is 0.476. The molecule has 4 unspecified atom stereocenters. The molecule has 4 atom stereocenters. The molecule has 6 heteroatoms. The minimum atomic E-state index is -0.147. The lowest BCUT2D eigenvalue weighted by molar-refractivity contribution is -0.140. The van der Waals surface area contributed by atoms with E-state index in [9.17, 15) is 9.59 Å². The first-order valence-electron chi connectivity index (χ1n) is 9.66. The van der Waals surface area contributed by atoms with Crippen LogP contribution in [0.2, 0.25) is 0 Å². The van der Waals surface area contributed by atoms with E-state index in [-0.39, 0.29) is 41.4 Å².